The molecule has 228 valence electrons. The molecule has 0 aliphatic heterocycles. The topological polar surface area (TPSA) is 55.4 Å². The molecule has 0 saturated heterocycles. The Labute approximate surface area is 249 Å². The third-order valence-corrected chi connectivity index (χ3v) is 14.9. The summed E-state index contributed by atoms with van der Waals surface area (Å²) >= 11 is 0. The van der Waals surface area contributed by atoms with E-state index in [1.54, 1.807) is 11.1 Å². The predicted molar refractivity (Wildman–Crippen MR) is 165 cm³/mol. The molecule has 1 N–H and O–H groups in total. The number of esters is 1. The zero-order valence-corrected chi connectivity index (χ0v) is 27.0. The molecule has 0 bridgehead atoms. The summed E-state index contributed by atoms with van der Waals surface area (Å²) in [5.74, 6) is 3.23. The minimum absolute atomic E-state index is 0.0992. The van der Waals surface area contributed by atoms with Crippen LogP contribution in [0.3, 0.4) is 0 Å². The average molecular weight is 564 g/mol. The molecule has 0 spiro atoms. The maximum absolute atomic E-state index is 11.9. The summed E-state index contributed by atoms with van der Waals surface area (Å²) < 4.78 is 4.95. The fraction of sp³-hybridized carbons (Fsp3) is 0.838. The number of aldehydes is 1. The molecule has 4 fully saturated rings. The van der Waals surface area contributed by atoms with Crippen molar-refractivity contribution in [2.45, 2.75) is 130 Å². The SMILES string of the molecule is COC(=O)CCN[C@]12CCC[C@]1(C)[C@H]1CCC3[C@@](C)(CCC4C(C)(C)C(C5=CC[C@H](C=O)CC5)=CC[C@@]43C)C1CC2. The predicted octanol–water partition coefficient (Wildman–Crippen LogP) is 8.21. The summed E-state index contributed by atoms with van der Waals surface area (Å²) in [6.07, 6.45) is 22.9. The summed E-state index contributed by atoms with van der Waals surface area (Å²) in [7, 11) is 1.50. The molecule has 0 radical (unpaired) electrons. The van der Waals surface area contributed by atoms with E-state index in [1.807, 2.05) is 0 Å². The lowest BCUT2D eigenvalue weighted by Gasteiger charge is -2.70. The van der Waals surface area contributed by atoms with Crippen molar-refractivity contribution in [3.05, 3.63) is 23.3 Å². The minimum Gasteiger partial charge on any atom is -0.469 e. The largest absolute Gasteiger partial charge is 0.469 e. The van der Waals surface area contributed by atoms with Crippen molar-refractivity contribution in [1.82, 2.24) is 5.32 Å². The number of carbonyl (C=O) groups is 2. The van der Waals surface area contributed by atoms with E-state index in [0.29, 0.717) is 22.7 Å². The van der Waals surface area contributed by atoms with Crippen molar-refractivity contribution < 1.29 is 14.3 Å². The highest BCUT2D eigenvalue weighted by molar-refractivity contribution is 5.69. The number of allylic oxidation sites excluding steroid dienone is 4. The van der Waals surface area contributed by atoms with Crippen molar-refractivity contribution >= 4 is 12.3 Å². The monoisotopic (exact) mass is 563 g/mol. The number of hydrogen-bond donors (Lipinski definition) is 1. The second kappa shape index (κ2) is 10.3. The van der Waals surface area contributed by atoms with E-state index in [2.05, 4.69) is 52.1 Å². The first-order valence-corrected chi connectivity index (χ1v) is 17.1. The fourth-order valence-corrected chi connectivity index (χ4v) is 12.9. The Kier molecular flexibility index (Phi) is 7.48. The van der Waals surface area contributed by atoms with Crippen LogP contribution in [0.25, 0.3) is 0 Å². The van der Waals surface area contributed by atoms with Gasteiger partial charge in [-0.3, -0.25) is 4.79 Å². The highest BCUT2D eigenvalue weighted by Gasteiger charge is 2.68. The third-order valence-electron chi connectivity index (χ3n) is 14.9. The number of rotatable bonds is 6. The van der Waals surface area contributed by atoms with Crippen LogP contribution in [-0.2, 0) is 14.3 Å². The van der Waals surface area contributed by atoms with Crippen LogP contribution in [0.5, 0.6) is 0 Å². The number of ether oxygens (including phenoxy) is 1. The molecule has 3 unspecified atom stereocenters. The van der Waals surface area contributed by atoms with Crippen LogP contribution in [0, 0.1) is 51.2 Å². The molecule has 6 rings (SSSR count). The number of hydrogen-bond acceptors (Lipinski definition) is 4. The Morgan fingerprint density at radius 1 is 0.927 bits per heavy atom. The lowest BCUT2D eigenvalue weighted by molar-refractivity contribution is -0.191. The van der Waals surface area contributed by atoms with Crippen molar-refractivity contribution in [2.75, 3.05) is 13.7 Å². The van der Waals surface area contributed by atoms with Gasteiger partial charge in [0, 0.05) is 18.0 Å². The molecule has 0 amide bonds. The number of fused-ring (bicyclic) bond motifs is 7. The first-order valence-electron chi connectivity index (χ1n) is 17.1. The summed E-state index contributed by atoms with van der Waals surface area (Å²) in [5.41, 5.74) is 4.63. The molecule has 4 nitrogen and oxygen atoms in total. The Morgan fingerprint density at radius 3 is 2.44 bits per heavy atom. The van der Waals surface area contributed by atoms with Crippen molar-refractivity contribution in [3.8, 4) is 0 Å². The lowest BCUT2D eigenvalue weighted by Crippen LogP contribution is -2.67. The van der Waals surface area contributed by atoms with Gasteiger partial charge in [-0.05, 0) is 134 Å². The van der Waals surface area contributed by atoms with E-state index in [1.165, 1.54) is 77.6 Å². The molecular weight excluding hydrogens is 506 g/mol. The van der Waals surface area contributed by atoms with Crippen LogP contribution in [0.4, 0.5) is 0 Å². The highest BCUT2D eigenvalue weighted by atomic mass is 16.5. The van der Waals surface area contributed by atoms with Gasteiger partial charge in [0.25, 0.3) is 0 Å². The van der Waals surface area contributed by atoms with E-state index in [-0.39, 0.29) is 22.8 Å². The van der Waals surface area contributed by atoms with Gasteiger partial charge >= 0.3 is 5.97 Å². The van der Waals surface area contributed by atoms with E-state index < -0.39 is 0 Å². The first-order chi connectivity index (χ1) is 19.4. The number of methoxy groups -OCH3 is 1. The molecule has 0 aromatic heterocycles. The van der Waals surface area contributed by atoms with Crippen LogP contribution in [-0.4, -0.2) is 31.4 Å². The lowest BCUT2D eigenvalue weighted by atomic mass is 9.35. The van der Waals surface area contributed by atoms with Crippen LogP contribution in [0.15, 0.2) is 23.3 Å². The van der Waals surface area contributed by atoms with Gasteiger partial charge in [-0.2, -0.15) is 0 Å². The van der Waals surface area contributed by atoms with Gasteiger partial charge in [0.2, 0.25) is 0 Å². The van der Waals surface area contributed by atoms with Gasteiger partial charge in [-0.15, -0.1) is 0 Å². The van der Waals surface area contributed by atoms with Crippen molar-refractivity contribution in [3.63, 3.8) is 0 Å². The average Bonchev–Trinajstić information content (AvgIpc) is 3.29. The maximum Gasteiger partial charge on any atom is 0.306 e. The maximum atomic E-state index is 11.9. The van der Waals surface area contributed by atoms with Crippen LogP contribution in [0.2, 0.25) is 0 Å². The van der Waals surface area contributed by atoms with E-state index in [0.717, 1.165) is 49.5 Å². The van der Waals surface area contributed by atoms with E-state index in [9.17, 15) is 9.59 Å². The molecule has 0 aromatic rings. The van der Waals surface area contributed by atoms with E-state index >= 15 is 0 Å². The van der Waals surface area contributed by atoms with Gasteiger partial charge in [-0.25, -0.2) is 0 Å². The summed E-state index contributed by atoms with van der Waals surface area (Å²) in [4.78, 5) is 23.3. The number of nitrogens with one attached hydrogen (secondary N) is 1. The van der Waals surface area contributed by atoms with Gasteiger partial charge in [0.15, 0.2) is 0 Å². The van der Waals surface area contributed by atoms with Crippen LogP contribution in [0.1, 0.15) is 125 Å². The zero-order valence-electron chi connectivity index (χ0n) is 27.0. The molecule has 4 heteroatoms. The van der Waals surface area contributed by atoms with Gasteiger partial charge in [-0.1, -0.05) is 53.2 Å². The molecule has 0 aromatic carbocycles. The molecule has 9 atom stereocenters. The van der Waals surface area contributed by atoms with Gasteiger partial charge in [0.05, 0.1) is 13.5 Å². The Hall–Kier alpha value is -1.42. The molecule has 41 heavy (non-hydrogen) atoms. The van der Waals surface area contributed by atoms with Crippen LogP contribution < -0.4 is 5.32 Å². The van der Waals surface area contributed by atoms with Gasteiger partial charge in [0.1, 0.15) is 6.29 Å². The smallest absolute Gasteiger partial charge is 0.306 e. The normalized spacial score (nSPS) is 46.6. The Bertz CT molecular complexity index is 1120. The number of carbonyl (C=O) groups excluding carboxylic acids is 2. The minimum atomic E-state index is -0.0992. The standard InChI is InChI=1S/C37H57NO3/c1-33(2)27(26-10-8-25(24-39)9-11-26)14-20-35(4)30(33)16-21-34(3)28-15-22-37(38-23-17-32(40)41-6)19-7-18-36(37,5)29(28)12-13-31(34)35/h10,14,24-25,28-31,38H,7-9,11-13,15-23H2,1-6H3/t25-,28?,29-,30?,31?,34-,35-,36+,37-/m0/s1. The fourth-order valence-electron chi connectivity index (χ4n) is 12.9. The summed E-state index contributed by atoms with van der Waals surface area (Å²) in [6, 6.07) is 0. The van der Waals surface area contributed by atoms with E-state index in [4.69, 9.17) is 4.74 Å². The highest BCUT2D eigenvalue weighted by Crippen LogP contribution is 2.74. The van der Waals surface area contributed by atoms with Crippen molar-refractivity contribution in [1.29, 1.82) is 0 Å². The quantitative estimate of drug-likeness (QED) is 0.261. The Morgan fingerprint density at radius 2 is 1.73 bits per heavy atom. The molecule has 0 heterocycles. The zero-order chi connectivity index (χ0) is 29.3. The van der Waals surface area contributed by atoms with Gasteiger partial charge < -0.3 is 14.8 Å². The Balaban J connectivity index is 1.25. The molecule has 4 saturated carbocycles. The molecular formula is C37H57NO3. The molecule has 6 aliphatic rings. The third kappa shape index (κ3) is 4.30. The van der Waals surface area contributed by atoms with Crippen LogP contribution >= 0.6 is 0 Å². The summed E-state index contributed by atoms with van der Waals surface area (Å²) in [5, 5.41) is 3.99. The second-order valence-electron chi connectivity index (χ2n) is 16.5. The second-order valence-corrected chi connectivity index (χ2v) is 16.5. The van der Waals surface area contributed by atoms with Crippen molar-refractivity contribution in [2.24, 2.45) is 51.2 Å². The first kappa shape index (κ1) is 29.6. The molecule has 6 aliphatic carbocycles. The summed E-state index contributed by atoms with van der Waals surface area (Å²) in [6.45, 7) is 13.9.